The van der Waals surface area contributed by atoms with Gasteiger partial charge in [0.2, 0.25) is 0 Å². The topological polar surface area (TPSA) is 146 Å². The van der Waals surface area contributed by atoms with Crippen molar-refractivity contribution in [2.24, 2.45) is 0 Å². The summed E-state index contributed by atoms with van der Waals surface area (Å²) in [5.41, 5.74) is 1.94. The highest BCUT2D eigenvalue weighted by Crippen LogP contribution is 2.42. The molecule has 200 valence electrons. The lowest BCUT2D eigenvalue weighted by Crippen LogP contribution is -2.55. The number of aryl methyl sites for hydroxylation is 3. The second-order valence-corrected chi connectivity index (χ2v) is 19.8. The first kappa shape index (κ1) is 28.8. The van der Waals surface area contributed by atoms with Crippen molar-refractivity contribution < 1.29 is 38.4 Å². The first-order valence-corrected chi connectivity index (χ1v) is 17.9. The van der Waals surface area contributed by atoms with E-state index in [4.69, 9.17) is 4.74 Å². The number of hydrogen-bond donors (Lipinski definition) is 0. The molecule has 0 unspecified atom stereocenters. The van der Waals surface area contributed by atoms with Crippen molar-refractivity contribution in [3.63, 3.8) is 0 Å². The third-order valence-electron chi connectivity index (χ3n) is 5.69. The Labute approximate surface area is 216 Å². The third-order valence-corrected chi connectivity index (χ3v) is 19.0. The Hall–Kier alpha value is -2.74. The van der Waals surface area contributed by atoms with E-state index in [-0.39, 0.29) is 5.75 Å². The van der Waals surface area contributed by atoms with E-state index in [1.807, 2.05) is 0 Å². The molecular weight excluding hydrogens is 561 g/mol. The van der Waals surface area contributed by atoms with E-state index >= 15 is 0 Å². The highest BCUT2D eigenvalue weighted by atomic mass is 33.2. The molecule has 9 nitrogen and oxygen atoms in total. The molecule has 0 radical (unpaired) electrons. The molecule has 0 amide bonds. The summed E-state index contributed by atoms with van der Waals surface area (Å²) < 4.78 is 111. The maximum absolute atomic E-state index is 13.9. The van der Waals surface area contributed by atoms with Gasteiger partial charge < -0.3 is 4.74 Å². The maximum Gasteiger partial charge on any atom is 0.338 e. The molecule has 13 heteroatoms. The lowest BCUT2D eigenvalue weighted by molar-refractivity contribution is 0.228. The number of benzene rings is 3. The Balaban J connectivity index is 2.39. The first-order chi connectivity index (χ1) is 17.0. The van der Waals surface area contributed by atoms with Gasteiger partial charge in [0.25, 0.3) is 17.7 Å². The second-order valence-electron chi connectivity index (χ2n) is 8.39. The highest BCUT2D eigenvalue weighted by molar-refractivity contribution is 8.76. The van der Waals surface area contributed by atoms with E-state index < -0.39 is 56.0 Å². The SMILES string of the molecule is CCC(Oc1ccc(C)cc1)(S(=O)(=O)S(=O)(=O)c1ccc(C)cc1)S(=O)(=O)S(=O)(=O)c1ccc(C)cc1. The molecule has 3 aromatic rings. The van der Waals surface area contributed by atoms with E-state index in [0.29, 0.717) is 16.7 Å². The summed E-state index contributed by atoms with van der Waals surface area (Å²) >= 11 is 0. The minimum atomic E-state index is -5.96. The van der Waals surface area contributed by atoms with Gasteiger partial charge in [0.1, 0.15) is 5.75 Å². The number of rotatable bonds is 9. The van der Waals surface area contributed by atoms with Gasteiger partial charge in [0.05, 0.1) is 9.79 Å². The second kappa shape index (κ2) is 9.86. The predicted octanol–water partition coefficient (Wildman–Crippen LogP) is 3.66. The normalized spacial score (nSPS) is 13.3. The Kier molecular flexibility index (Phi) is 7.68. The van der Waals surface area contributed by atoms with Crippen LogP contribution in [0.4, 0.5) is 0 Å². The van der Waals surface area contributed by atoms with Gasteiger partial charge in [0.15, 0.2) is 0 Å². The summed E-state index contributed by atoms with van der Waals surface area (Å²) in [7, 11) is -22.9. The van der Waals surface area contributed by atoms with Gasteiger partial charge in [-0.15, -0.1) is 0 Å². The van der Waals surface area contributed by atoms with Gasteiger partial charge in [0, 0.05) is 6.42 Å². The molecular formula is C24H26O9S4. The van der Waals surface area contributed by atoms with Crippen LogP contribution in [0.3, 0.4) is 0 Å². The van der Waals surface area contributed by atoms with E-state index in [2.05, 4.69) is 0 Å². The summed E-state index contributed by atoms with van der Waals surface area (Å²) in [5, 5.41) is 0. The predicted molar refractivity (Wildman–Crippen MR) is 139 cm³/mol. The molecule has 3 rings (SSSR count). The van der Waals surface area contributed by atoms with Crippen molar-refractivity contribution in [3.05, 3.63) is 89.5 Å². The molecule has 0 aromatic heterocycles. The maximum atomic E-state index is 13.9. The minimum Gasteiger partial charge on any atom is -0.456 e. The fourth-order valence-corrected chi connectivity index (χ4v) is 16.4. The van der Waals surface area contributed by atoms with Crippen LogP contribution in [0.15, 0.2) is 82.6 Å². The van der Waals surface area contributed by atoms with Crippen LogP contribution < -0.4 is 4.74 Å². The number of ether oxygens (including phenoxy) is 1. The molecule has 0 aliphatic carbocycles. The summed E-state index contributed by atoms with van der Waals surface area (Å²) in [6.07, 6.45) is -1.05. The van der Waals surface area contributed by atoms with E-state index in [0.717, 1.165) is 31.2 Å². The molecule has 37 heavy (non-hydrogen) atoms. The van der Waals surface area contributed by atoms with Gasteiger partial charge >= 0.3 is 22.0 Å². The first-order valence-electron chi connectivity index (χ1n) is 10.9. The molecule has 0 heterocycles. The Bertz CT molecular complexity index is 1620. The van der Waals surface area contributed by atoms with Crippen molar-refractivity contribution in [2.75, 3.05) is 0 Å². The Morgan fingerprint density at radius 1 is 0.541 bits per heavy atom. The van der Waals surface area contributed by atoms with Crippen LogP contribution in [0.25, 0.3) is 0 Å². The van der Waals surface area contributed by atoms with Crippen molar-refractivity contribution >= 4 is 35.5 Å². The average molecular weight is 587 g/mol. The zero-order valence-electron chi connectivity index (χ0n) is 20.4. The van der Waals surface area contributed by atoms with Crippen LogP contribution in [-0.4, -0.2) is 37.9 Å². The fourth-order valence-electron chi connectivity index (χ4n) is 3.44. The monoisotopic (exact) mass is 586 g/mol. The third kappa shape index (κ3) is 4.69. The molecule has 0 saturated carbocycles. The average Bonchev–Trinajstić information content (AvgIpc) is 2.83. The largest absolute Gasteiger partial charge is 0.456 e. The van der Waals surface area contributed by atoms with Crippen LogP contribution in [-0.2, 0) is 35.5 Å². The van der Waals surface area contributed by atoms with Gasteiger partial charge in [-0.05, 0) is 57.2 Å². The zero-order valence-corrected chi connectivity index (χ0v) is 23.7. The summed E-state index contributed by atoms with van der Waals surface area (Å²) in [5.74, 6) is -0.349. The molecule has 0 N–H and O–H groups in total. The van der Waals surface area contributed by atoms with Gasteiger partial charge in [-0.3, -0.25) is 0 Å². The Morgan fingerprint density at radius 2 is 0.838 bits per heavy atom. The van der Waals surface area contributed by atoms with E-state index in [9.17, 15) is 33.7 Å². The van der Waals surface area contributed by atoms with Gasteiger partial charge in [-0.1, -0.05) is 60.0 Å². The zero-order chi connectivity index (χ0) is 27.9. The lowest BCUT2D eigenvalue weighted by Gasteiger charge is -2.31. The lowest BCUT2D eigenvalue weighted by atomic mass is 10.2. The van der Waals surface area contributed by atoms with E-state index in [1.54, 1.807) is 20.8 Å². The quantitative estimate of drug-likeness (QED) is 0.343. The summed E-state index contributed by atoms with van der Waals surface area (Å²) in [6.45, 7) is 6.01. The van der Waals surface area contributed by atoms with Crippen LogP contribution in [0.2, 0.25) is 0 Å². The molecule has 0 saturated heterocycles. The number of hydrogen-bond acceptors (Lipinski definition) is 9. The van der Waals surface area contributed by atoms with Crippen LogP contribution in [0.1, 0.15) is 30.0 Å². The van der Waals surface area contributed by atoms with Crippen molar-refractivity contribution in [2.45, 2.75) is 48.2 Å². The fraction of sp³-hybridized carbons (Fsp3) is 0.250. The van der Waals surface area contributed by atoms with Crippen LogP contribution in [0, 0.1) is 20.8 Å². The standard InChI is InChI=1S/C24H26O9S4/c1-5-24(33-21-12-6-18(2)7-13-21,36(29,30)34(25,26)22-14-8-19(3)9-15-22)37(31,32)35(27,28)23-16-10-20(4)11-17-23/h6-17H,5H2,1-4H3. The van der Waals surface area contributed by atoms with Gasteiger partial charge in [-0.2, -0.15) is 0 Å². The van der Waals surface area contributed by atoms with Crippen molar-refractivity contribution in [1.82, 2.24) is 0 Å². The molecule has 0 spiro atoms. The van der Waals surface area contributed by atoms with E-state index in [1.165, 1.54) is 48.5 Å². The molecule has 3 aromatic carbocycles. The summed E-state index contributed by atoms with van der Waals surface area (Å²) in [6, 6.07) is 14.7. The van der Waals surface area contributed by atoms with Crippen molar-refractivity contribution in [1.29, 1.82) is 0 Å². The molecule has 0 bridgehead atoms. The highest BCUT2D eigenvalue weighted by Gasteiger charge is 2.67. The smallest absolute Gasteiger partial charge is 0.338 e. The molecule has 0 aliphatic rings. The Morgan fingerprint density at radius 3 is 1.14 bits per heavy atom. The van der Waals surface area contributed by atoms with Crippen molar-refractivity contribution in [3.8, 4) is 5.75 Å². The van der Waals surface area contributed by atoms with Gasteiger partial charge in [-0.25, -0.2) is 33.7 Å². The van der Waals surface area contributed by atoms with Crippen LogP contribution >= 0.6 is 0 Å². The molecule has 0 atom stereocenters. The summed E-state index contributed by atoms with van der Waals surface area (Å²) in [4.78, 5) is -1.46. The minimum absolute atomic E-state index is 0.349. The molecule has 0 fully saturated rings. The van der Waals surface area contributed by atoms with Crippen LogP contribution in [0.5, 0.6) is 5.75 Å². The molecule has 0 aliphatic heterocycles.